The van der Waals surface area contributed by atoms with Crippen LogP contribution in [0.5, 0.6) is 0 Å². The highest BCUT2D eigenvalue weighted by Crippen LogP contribution is 2.00. The van der Waals surface area contributed by atoms with Crippen molar-refractivity contribution in [3.8, 4) is 0 Å². The van der Waals surface area contributed by atoms with Crippen LogP contribution in [0.15, 0.2) is 12.5 Å². The van der Waals surface area contributed by atoms with Gasteiger partial charge in [0, 0.05) is 7.11 Å². The molecule has 0 N–H and O–H groups in total. The van der Waals surface area contributed by atoms with Gasteiger partial charge in [0.05, 0.1) is 0 Å². The fourth-order valence-corrected chi connectivity index (χ4v) is 0.456. The molecule has 0 amide bonds. The molecule has 0 radical (unpaired) electrons. The Morgan fingerprint density at radius 3 is 2.88 bits per heavy atom. The normalized spacial score (nSPS) is 26.4. The first-order valence-electron chi connectivity index (χ1n) is 2.38. The summed E-state index contributed by atoms with van der Waals surface area (Å²) in [6.07, 6.45) is 2.74. The first-order valence-corrected chi connectivity index (χ1v) is 2.38. The molecule has 0 saturated heterocycles. The molecule has 8 heavy (non-hydrogen) atoms. The van der Waals surface area contributed by atoms with Crippen LogP contribution in [0.4, 0.5) is 0 Å². The Hall–Kier alpha value is -0.700. The molecular formula is C5H8O3. The fourth-order valence-electron chi connectivity index (χ4n) is 0.456. The molecule has 1 heterocycles. The predicted molar refractivity (Wildman–Crippen MR) is 27.0 cm³/mol. The third-order valence-electron chi connectivity index (χ3n) is 0.877. The number of hydrogen-bond donors (Lipinski definition) is 0. The zero-order valence-corrected chi connectivity index (χ0v) is 4.66. The molecule has 3 heteroatoms. The quantitative estimate of drug-likeness (QED) is 0.498. The zero-order valence-electron chi connectivity index (χ0n) is 4.66. The highest BCUT2D eigenvalue weighted by Gasteiger charge is 2.07. The minimum absolute atomic E-state index is 0.222. The van der Waals surface area contributed by atoms with E-state index >= 15 is 0 Å². The van der Waals surface area contributed by atoms with E-state index in [1.54, 1.807) is 7.11 Å². The summed E-state index contributed by atoms with van der Waals surface area (Å²) >= 11 is 0. The van der Waals surface area contributed by atoms with Gasteiger partial charge in [0.25, 0.3) is 0 Å². The van der Waals surface area contributed by atoms with Gasteiger partial charge in [0.15, 0.2) is 0 Å². The summed E-state index contributed by atoms with van der Waals surface area (Å²) in [6.45, 7) is 0.479. The van der Waals surface area contributed by atoms with Crippen molar-refractivity contribution in [2.24, 2.45) is 0 Å². The molecule has 0 bridgehead atoms. The Morgan fingerprint density at radius 2 is 2.50 bits per heavy atom. The van der Waals surface area contributed by atoms with Gasteiger partial charge in [0.1, 0.15) is 19.1 Å². The van der Waals surface area contributed by atoms with E-state index in [0.717, 1.165) is 0 Å². The molecule has 0 spiro atoms. The number of rotatable bonds is 1. The van der Waals surface area contributed by atoms with E-state index in [-0.39, 0.29) is 6.29 Å². The van der Waals surface area contributed by atoms with Gasteiger partial charge in [-0.3, -0.25) is 0 Å². The topological polar surface area (TPSA) is 27.7 Å². The van der Waals surface area contributed by atoms with Crippen molar-refractivity contribution in [3.05, 3.63) is 12.5 Å². The van der Waals surface area contributed by atoms with Gasteiger partial charge in [-0.15, -0.1) is 0 Å². The highest BCUT2D eigenvalue weighted by molar-refractivity contribution is 4.67. The Labute approximate surface area is 47.8 Å². The molecule has 0 saturated carbocycles. The van der Waals surface area contributed by atoms with Crippen LogP contribution in [0, 0.1) is 0 Å². The third kappa shape index (κ3) is 1.13. The van der Waals surface area contributed by atoms with Crippen molar-refractivity contribution in [3.63, 3.8) is 0 Å². The van der Waals surface area contributed by atoms with Crippen LogP contribution in [0.25, 0.3) is 0 Å². The number of hydrogen-bond acceptors (Lipinski definition) is 3. The van der Waals surface area contributed by atoms with Crippen LogP contribution in [-0.4, -0.2) is 20.0 Å². The summed E-state index contributed by atoms with van der Waals surface area (Å²) < 4.78 is 14.5. The van der Waals surface area contributed by atoms with Crippen molar-refractivity contribution in [1.29, 1.82) is 0 Å². The van der Waals surface area contributed by atoms with Gasteiger partial charge in [-0.05, 0) is 0 Å². The molecule has 1 atom stereocenters. The lowest BCUT2D eigenvalue weighted by molar-refractivity contribution is -0.129. The predicted octanol–water partition coefficient (Wildman–Crippen LogP) is 0.477. The first-order chi connectivity index (χ1) is 3.93. The van der Waals surface area contributed by atoms with Gasteiger partial charge in [0.2, 0.25) is 6.29 Å². The monoisotopic (exact) mass is 116 g/mol. The maximum atomic E-state index is 4.90. The molecule has 0 aromatic rings. The zero-order chi connectivity index (χ0) is 5.82. The van der Waals surface area contributed by atoms with E-state index in [9.17, 15) is 0 Å². The Morgan fingerprint density at radius 1 is 1.62 bits per heavy atom. The SMILES string of the molecule is COC1COC=CO1. The lowest BCUT2D eigenvalue weighted by Crippen LogP contribution is -2.20. The standard InChI is InChI=1S/C5H8O3/c1-6-5-4-7-2-3-8-5/h2-3,5H,4H2,1H3. The largest absolute Gasteiger partial charge is 0.491 e. The summed E-state index contributed by atoms with van der Waals surface area (Å²) in [7, 11) is 1.58. The highest BCUT2D eigenvalue weighted by atomic mass is 16.7. The van der Waals surface area contributed by atoms with Crippen LogP contribution >= 0.6 is 0 Å². The van der Waals surface area contributed by atoms with E-state index < -0.39 is 0 Å². The van der Waals surface area contributed by atoms with E-state index in [0.29, 0.717) is 6.61 Å². The van der Waals surface area contributed by atoms with Gasteiger partial charge in [-0.25, -0.2) is 0 Å². The second-order valence-corrected chi connectivity index (χ2v) is 1.41. The Bertz CT molecular complexity index is 89.7. The van der Waals surface area contributed by atoms with Crippen LogP contribution in [0.2, 0.25) is 0 Å². The van der Waals surface area contributed by atoms with Gasteiger partial charge in [-0.2, -0.15) is 0 Å². The van der Waals surface area contributed by atoms with Crippen LogP contribution < -0.4 is 0 Å². The average molecular weight is 116 g/mol. The van der Waals surface area contributed by atoms with Crippen LogP contribution in [0.1, 0.15) is 0 Å². The Balaban J connectivity index is 2.27. The van der Waals surface area contributed by atoms with Gasteiger partial charge in [-0.1, -0.05) is 0 Å². The number of ether oxygens (including phenoxy) is 3. The van der Waals surface area contributed by atoms with Crippen molar-refractivity contribution >= 4 is 0 Å². The number of methoxy groups -OCH3 is 1. The van der Waals surface area contributed by atoms with Crippen LogP contribution in [-0.2, 0) is 14.2 Å². The lowest BCUT2D eigenvalue weighted by Gasteiger charge is -2.17. The average Bonchev–Trinajstić information content (AvgIpc) is 1.90. The summed E-state index contributed by atoms with van der Waals surface area (Å²) in [6, 6.07) is 0. The molecule has 0 aromatic carbocycles. The maximum Gasteiger partial charge on any atom is 0.233 e. The summed E-state index contributed by atoms with van der Waals surface area (Å²) in [5, 5.41) is 0. The second-order valence-electron chi connectivity index (χ2n) is 1.41. The minimum atomic E-state index is -0.222. The summed E-state index contributed by atoms with van der Waals surface area (Å²) in [5.41, 5.74) is 0. The molecule has 0 aliphatic carbocycles. The third-order valence-corrected chi connectivity index (χ3v) is 0.877. The first kappa shape index (κ1) is 5.44. The van der Waals surface area contributed by atoms with Crippen LogP contribution in [0.3, 0.4) is 0 Å². The molecule has 46 valence electrons. The molecule has 1 aliphatic heterocycles. The molecular weight excluding hydrogens is 108 g/mol. The molecule has 1 unspecified atom stereocenters. The molecule has 1 rings (SSSR count). The smallest absolute Gasteiger partial charge is 0.233 e. The van der Waals surface area contributed by atoms with Crippen molar-refractivity contribution in [2.75, 3.05) is 13.7 Å². The Kier molecular flexibility index (Phi) is 1.75. The van der Waals surface area contributed by atoms with E-state index in [1.165, 1.54) is 12.5 Å². The lowest BCUT2D eigenvalue weighted by atomic mass is 10.6. The molecule has 0 fully saturated rings. The van der Waals surface area contributed by atoms with Crippen molar-refractivity contribution in [2.45, 2.75) is 6.29 Å². The summed E-state index contributed by atoms with van der Waals surface area (Å²) in [5.74, 6) is 0. The van der Waals surface area contributed by atoms with Crippen molar-refractivity contribution in [1.82, 2.24) is 0 Å². The molecule has 3 nitrogen and oxygen atoms in total. The molecule has 0 aromatic heterocycles. The molecule has 1 aliphatic rings. The summed E-state index contributed by atoms with van der Waals surface area (Å²) in [4.78, 5) is 0. The van der Waals surface area contributed by atoms with E-state index in [2.05, 4.69) is 0 Å². The van der Waals surface area contributed by atoms with Gasteiger partial charge >= 0.3 is 0 Å². The van der Waals surface area contributed by atoms with Crippen molar-refractivity contribution < 1.29 is 14.2 Å². The van der Waals surface area contributed by atoms with E-state index in [4.69, 9.17) is 14.2 Å². The maximum absolute atomic E-state index is 4.90. The van der Waals surface area contributed by atoms with Gasteiger partial charge < -0.3 is 14.2 Å². The second kappa shape index (κ2) is 2.57. The fraction of sp³-hybridized carbons (Fsp3) is 0.600. The minimum Gasteiger partial charge on any atom is -0.491 e. The van der Waals surface area contributed by atoms with E-state index in [1.807, 2.05) is 0 Å².